The highest BCUT2D eigenvalue weighted by atomic mass is 79.9. The Hall–Kier alpha value is -0.970. The van der Waals surface area contributed by atoms with Crippen LogP contribution in [-0.4, -0.2) is 18.9 Å². The molecular weight excluding hydrogens is 342 g/mol. The van der Waals surface area contributed by atoms with Crippen molar-refractivity contribution in [3.05, 3.63) is 22.9 Å². The minimum Gasteiger partial charge on any atom is -0.262 e. The Bertz CT molecular complexity index is 617. The van der Waals surface area contributed by atoms with Crippen LogP contribution in [0.1, 0.15) is 38.5 Å². The molecule has 1 fully saturated rings. The van der Waals surface area contributed by atoms with Crippen LogP contribution in [0.25, 0.3) is 0 Å². The Labute approximate surface area is 127 Å². The van der Waals surface area contributed by atoms with E-state index in [2.05, 4.69) is 31.7 Å². The van der Waals surface area contributed by atoms with E-state index in [-0.39, 0.29) is 4.90 Å². The molecule has 1 aromatic rings. The molecule has 0 aromatic carbocycles. The van der Waals surface area contributed by atoms with Gasteiger partial charge < -0.3 is 0 Å². The molecular formula is C13H16BrN3O2S. The molecule has 7 heteroatoms. The standard InChI is InChI=1S/C13H16BrN3O2S/c14-11-7-12(9-16-8-11)20(18,19)17-13(10-15)5-3-1-2-4-6-13/h7-9,17H,1-6H2. The van der Waals surface area contributed by atoms with E-state index < -0.39 is 15.6 Å². The predicted octanol–water partition coefficient (Wildman–Crippen LogP) is 2.74. The fraction of sp³-hybridized carbons (Fsp3) is 0.538. The third-order valence-corrected chi connectivity index (χ3v) is 5.43. The second-order valence-electron chi connectivity index (χ2n) is 5.05. The Morgan fingerprint density at radius 1 is 1.25 bits per heavy atom. The first-order valence-corrected chi connectivity index (χ1v) is 8.81. The van der Waals surface area contributed by atoms with Crippen molar-refractivity contribution in [2.75, 3.05) is 0 Å². The number of aromatic nitrogens is 1. The maximum Gasteiger partial charge on any atom is 0.243 e. The van der Waals surface area contributed by atoms with Gasteiger partial charge in [-0.25, -0.2) is 8.42 Å². The van der Waals surface area contributed by atoms with Crippen LogP contribution in [0, 0.1) is 11.3 Å². The minimum atomic E-state index is -3.73. The number of nitrogens with zero attached hydrogens (tertiary/aromatic N) is 2. The highest BCUT2D eigenvalue weighted by Gasteiger charge is 2.35. The summed E-state index contributed by atoms with van der Waals surface area (Å²) in [5.74, 6) is 0. The molecule has 0 unspecified atom stereocenters. The largest absolute Gasteiger partial charge is 0.262 e. The molecule has 108 valence electrons. The summed E-state index contributed by atoms with van der Waals surface area (Å²) in [7, 11) is -3.73. The molecule has 1 aliphatic carbocycles. The van der Waals surface area contributed by atoms with E-state index in [9.17, 15) is 13.7 Å². The third kappa shape index (κ3) is 3.57. The van der Waals surface area contributed by atoms with Crippen LogP contribution in [0.3, 0.4) is 0 Å². The number of sulfonamides is 1. The fourth-order valence-corrected chi connectivity index (χ4v) is 4.30. The first-order chi connectivity index (χ1) is 9.47. The first kappa shape index (κ1) is 15.4. The summed E-state index contributed by atoms with van der Waals surface area (Å²) < 4.78 is 28.0. The van der Waals surface area contributed by atoms with E-state index in [1.807, 2.05) is 0 Å². The topological polar surface area (TPSA) is 82.9 Å². The highest BCUT2D eigenvalue weighted by Crippen LogP contribution is 2.28. The lowest BCUT2D eigenvalue weighted by Crippen LogP contribution is -2.46. The molecule has 0 spiro atoms. The monoisotopic (exact) mass is 357 g/mol. The average molecular weight is 358 g/mol. The molecule has 0 bridgehead atoms. The van der Waals surface area contributed by atoms with Crippen molar-refractivity contribution in [1.82, 2.24) is 9.71 Å². The summed E-state index contributed by atoms with van der Waals surface area (Å²) in [5.41, 5.74) is -0.988. The van der Waals surface area contributed by atoms with Crippen molar-refractivity contribution in [2.24, 2.45) is 0 Å². The average Bonchev–Trinajstić information content (AvgIpc) is 2.64. The molecule has 0 aliphatic heterocycles. The smallest absolute Gasteiger partial charge is 0.243 e. The number of nitrogens with one attached hydrogen (secondary N) is 1. The number of hydrogen-bond acceptors (Lipinski definition) is 4. The van der Waals surface area contributed by atoms with Gasteiger partial charge in [0.25, 0.3) is 0 Å². The van der Waals surface area contributed by atoms with Crippen molar-refractivity contribution in [3.63, 3.8) is 0 Å². The normalized spacial score (nSPS) is 19.0. The van der Waals surface area contributed by atoms with Gasteiger partial charge in [0.2, 0.25) is 10.0 Å². The molecule has 5 nitrogen and oxygen atoms in total. The minimum absolute atomic E-state index is 0.0748. The Balaban J connectivity index is 2.28. The first-order valence-electron chi connectivity index (χ1n) is 6.53. The zero-order valence-electron chi connectivity index (χ0n) is 11.0. The number of pyridine rings is 1. The number of rotatable bonds is 3. The van der Waals surface area contributed by atoms with E-state index in [4.69, 9.17) is 0 Å². The zero-order valence-corrected chi connectivity index (χ0v) is 13.4. The second kappa shape index (κ2) is 6.20. The molecule has 1 N–H and O–H groups in total. The van der Waals surface area contributed by atoms with Crippen LogP contribution >= 0.6 is 15.9 Å². The van der Waals surface area contributed by atoms with Gasteiger partial charge in [-0.3, -0.25) is 4.98 Å². The van der Waals surface area contributed by atoms with Crippen molar-refractivity contribution in [3.8, 4) is 6.07 Å². The van der Waals surface area contributed by atoms with Gasteiger partial charge in [0.15, 0.2) is 0 Å². The van der Waals surface area contributed by atoms with Gasteiger partial charge in [-0.1, -0.05) is 25.7 Å². The lowest BCUT2D eigenvalue weighted by Gasteiger charge is -2.25. The van der Waals surface area contributed by atoms with Gasteiger partial charge in [-0.15, -0.1) is 0 Å². The highest BCUT2D eigenvalue weighted by molar-refractivity contribution is 9.10. The molecule has 0 atom stereocenters. The molecule has 0 radical (unpaired) electrons. The quantitative estimate of drug-likeness (QED) is 0.843. The van der Waals surface area contributed by atoms with Crippen LogP contribution in [0.4, 0.5) is 0 Å². The second-order valence-corrected chi connectivity index (χ2v) is 7.65. The van der Waals surface area contributed by atoms with Crippen LogP contribution in [0.2, 0.25) is 0 Å². The van der Waals surface area contributed by atoms with Crippen molar-refractivity contribution < 1.29 is 8.42 Å². The zero-order chi connectivity index (χ0) is 14.6. The van der Waals surface area contributed by atoms with Gasteiger partial charge in [0, 0.05) is 16.9 Å². The summed E-state index contributed by atoms with van der Waals surface area (Å²) in [5, 5.41) is 9.43. The van der Waals surface area contributed by atoms with Gasteiger partial charge in [-0.2, -0.15) is 9.98 Å². The van der Waals surface area contributed by atoms with Crippen molar-refractivity contribution in [1.29, 1.82) is 5.26 Å². The molecule has 1 aromatic heterocycles. The molecule has 2 rings (SSSR count). The maximum atomic E-state index is 12.4. The number of halogens is 1. The van der Waals surface area contributed by atoms with Gasteiger partial charge in [-0.05, 0) is 34.8 Å². The van der Waals surface area contributed by atoms with E-state index in [1.165, 1.54) is 18.5 Å². The molecule has 1 saturated carbocycles. The summed E-state index contributed by atoms with van der Waals surface area (Å²) in [6.45, 7) is 0. The van der Waals surface area contributed by atoms with E-state index in [0.29, 0.717) is 17.3 Å². The van der Waals surface area contributed by atoms with E-state index >= 15 is 0 Å². The van der Waals surface area contributed by atoms with Gasteiger partial charge in [0.1, 0.15) is 10.4 Å². The molecule has 0 amide bonds. The van der Waals surface area contributed by atoms with Crippen LogP contribution < -0.4 is 4.72 Å². The lowest BCUT2D eigenvalue weighted by atomic mass is 9.94. The summed E-state index contributed by atoms with van der Waals surface area (Å²) >= 11 is 3.20. The van der Waals surface area contributed by atoms with E-state index in [1.54, 1.807) is 0 Å². The number of hydrogen-bond donors (Lipinski definition) is 1. The maximum absolute atomic E-state index is 12.4. The van der Waals surface area contributed by atoms with Crippen LogP contribution in [-0.2, 0) is 10.0 Å². The Morgan fingerprint density at radius 3 is 2.45 bits per heavy atom. The SMILES string of the molecule is N#CC1(NS(=O)(=O)c2cncc(Br)c2)CCCCCC1. The third-order valence-electron chi connectivity index (χ3n) is 3.49. The predicted molar refractivity (Wildman–Crippen MR) is 78.3 cm³/mol. The Kier molecular flexibility index (Phi) is 4.78. The molecule has 1 heterocycles. The van der Waals surface area contributed by atoms with E-state index in [0.717, 1.165) is 25.7 Å². The van der Waals surface area contributed by atoms with Crippen molar-refractivity contribution in [2.45, 2.75) is 49.0 Å². The summed E-state index contributed by atoms with van der Waals surface area (Å²) in [6.07, 6.45) is 7.75. The molecule has 20 heavy (non-hydrogen) atoms. The molecule has 0 saturated heterocycles. The number of nitriles is 1. The van der Waals surface area contributed by atoms with Crippen LogP contribution in [0.15, 0.2) is 27.8 Å². The van der Waals surface area contributed by atoms with Gasteiger partial charge >= 0.3 is 0 Å². The summed E-state index contributed by atoms with van der Waals surface area (Å²) in [6, 6.07) is 3.66. The summed E-state index contributed by atoms with van der Waals surface area (Å²) in [4.78, 5) is 3.94. The fourth-order valence-electron chi connectivity index (χ4n) is 2.42. The van der Waals surface area contributed by atoms with Crippen LogP contribution in [0.5, 0.6) is 0 Å². The molecule has 1 aliphatic rings. The lowest BCUT2D eigenvalue weighted by molar-refractivity contribution is 0.422. The van der Waals surface area contributed by atoms with Gasteiger partial charge in [0.05, 0.1) is 6.07 Å². The van der Waals surface area contributed by atoms with Crippen molar-refractivity contribution >= 4 is 26.0 Å². The Morgan fingerprint density at radius 2 is 1.90 bits per heavy atom.